The molecule has 0 fully saturated rings. The molecule has 122 valence electrons. The quantitative estimate of drug-likeness (QED) is 0.927. The molecule has 0 bridgehead atoms. The fourth-order valence-electron chi connectivity index (χ4n) is 2.11. The van der Waals surface area contributed by atoms with Crippen LogP contribution in [0, 0.1) is 0 Å². The minimum absolute atomic E-state index is 0.0948. The lowest BCUT2D eigenvalue weighted by molar-refractivity contribution is -0.137. The summed E-state index contributed by atoms with van der Waals surface area (Å²) in [6.07, 6.45) is -4.69. The summed E-state index contributed by atoms with van der Waals surface area (Å²) in [6.45, 7) is 0. The van der Waals surface area contributed by atoms with Crippen LogP contribution in [-0.4, -0.2) is 14.3 Å². The molecule has 0 heterocycles. The number of primary amides is 1. The summed E-state index contributed by atoms with van der Waals surface area (Å²) in [7, 11) is -4.41. The predicted molar refractivity (Wildman–Crippen MR) is 77.0 cm³/mol. The summed E-state index contributed by atoms with van der Waals surface area (Å²) in [6, 6.07) is 10.6. The van der Waals surface area contributed by atoms with Crippen LogP contribution in [0.1, 0.15) is 16.4 Å². The van der Waals surface area contributed by atoms with Crippen molar-refractivity contribution in [3.05, 3.63) is 65.7 Å². The Balaban J connectivity index is 2.58. The molecule has 0 aliphatic rings. The zero-order valence-electron chi connectivity index (χ0n) is 11.6. The summed E-state index contributed by atoms with van der Waals surface area (Å²) in [5.74, 6) is -1.16. The van der Waals surface area contributed by atoms with Gasteiger partial charge in [0.1, 0.15) is 0 Å². The molecule has 2 N–H and O–H groups in total. The van der Waals surface area contributed by atoms with E-state index in [0.29, 0.717) is 6.07 Å². The number of benzene rings is 2. The van der Waals surface area contributed by atoms with Gasteiger partial charge in [0.2, 0.25) is 5.91 Å². The largest absolute Gasteiger partial charge is 0.416 e. The summed E-state index contributed by atoms with van der Waals surface area (Å²) < 4.78 is 63.4. The third-order valence-corrected chi connectivity index (χ3v) is 5.20. The van der Waals surface area contributed by atoms with E-state index in [9.17, 15) is 26.4 Å². The van der Waals surface area contributed by atoms with Crippen molar-refractivity contribution in [2.24, 2.45) is 5.73 Å². The molecule has 8 heteroatoms. The molecule has 0 saturated heterocycles. The molecule has 0 saturated carbocycles. The summed E-state index contributed by atoms with van der Waals surface area (Å²) >= 11 is 0. The van der Waals surface area contributed by atoms with Crippen molar-refractivity contribution >= 4 is 15.7 Å². The first-order valence-electron chi connectivity index (χ1n) is 6.39. The molecule has 0 aliphatic carbocycles. The van der Waals surface area contributed by atoms with Crippen molar-refractivity contribution < 1.29 is 26.4 Å². The van der Waals surface area contributed by atoms with Crippen LogP contribution in [0.3, 0.4) is 0 Å². The number of rotatable bonds is 4. The molecule has 2 rings (SSSR count). The number of carbonyl (C=O) groups excluding carboxylic acids is 1. The van der Waals surface area contributed by atoms with E-state index in [0.717, 1.165) is 18.2 Å². The van der Waals surface area contributed by atoms with Crippen LogP contribution in [0.2, 0.25) is 0 Å². The second-order valence-corrected chi connectivity index (χ2v) is 6.80. The van der Waals surface area contributed by atoms with Gasteiger partial charge in [-0.2, -0.15) is 13.2 Å². The molecule has 0 aliphatic heterocycles. The highest BCUT2D eigenvalue weighted by Gasteiger charge is 2.36. The van der Waals surface area contributed by atoms with E-state index in [1.807, 2.05) is 0 Å². The third-order valence-electron chi connectivity index (χ3n) is 3.16. The lowest BCUT2D eigenvalue weighted by atomic mass is 10.1. The van der Waals surface area contributed by atoms with E-state index >= 15 is 0 Å². The summed E-state index contributed by atoms with van der Waals surface area (Å²) in [5, 5.41) is -1.76. The molecule has 2 aromatic rings. The lowest BCUT2D eigenvalue weighted by Crippen LogP contribution is -2.28. The summed E-state index contributed by atoms with van der Waals surface area (Å²) in [4.78, 5) is 11.0. The lowest BCUT2D eigenvalue weighted by Gasteiger charge is -2.16. The number of sulfone groups is 1. The van der Waals surface area contributed by atoms with Crippen LogP contribution < -0.4 is 5.73 Å². The Kier molecular flexibility index (Phi) is 4.46. The molecule has 1 unspecified atom stereocenters. The zero-order valence-corrected chi connectivity index (χ0v) is 12.4. The number of halogens is 3. The Morgan fingerprint density at radius 2 is 1.61 bits per heavy atom. The minimum Gasteiger partial charge on any atom is -0.368 e. The maximum Gasteiger partial charge on any atom is 0.416 e. The first kappa shape index (κ1) is 17.0. The van der Waals surface area contributed by atoms with E-state index < -0.39 is 37.6 Å². The van der Waals surface area contributed by atoms with Crippen molar-refractivity contribution in [3.8, 4) is 0 Å². The van der Waals surface area contributed by atoms with Gasteiger partial charge in [0, 0.05) is 0 Å². The number of amides is 1. The molecular weight excluding hydrogens is 331 g/mol. The molecule has 1 amide bonds. The normalized spacial score (nSPS) is 13.5. The van der Waals surface area contributed by atoms with Gasteiger partial charge in [-0.3, -0.25) is 4.79 Å². The Morgan fingerprint density at radius 1 is 1.00 bits per heavy atom. The SMILES string of the molecule is NC(=O)C(c1ccccc1)S(=O)(=O)c1cccc(C(F)(F)F)c1. The van der Waals surface area contributed by atoms with Crippen LogP contribution in [-0.2, 0) is 20.8 Å². The molecule has 0 radical (unpaired) electrons. The second kappa shape index (κ2) is 6.04. The molecule has 2 aromatic carbocycles. The number of hydrogen-bond donors (Lipinski definition) is 1. The maximum atomic E-state index is 12.8. The van der Waals surface area contributed by atoms with Crippen LogP contribution >= 0.6 is 0 Å². The van der Waals surface area contributed by atoms with Gasteiger partial charge in [-0.1, -0.05) is 36.4 Å². The highest BCUT2D eigenvalue weighted by atomic mass is 32.2. The van der Waals surface area contributed by atoms with E-state index in [4.69, 9.17) is 5.73 Å². The van der Waals surface area contributed by atoms with Gasteiger partial charge in [0.25, 0.3) is 0 Å². The van der Waals surface area contributed by atoms with E-state index in [2.05, 4.69) is 0 Å². The molecular formula is C15H12F3NO3S. The topological polar surface area (TPSA) is 77.2 Å². The van der Waals surface area contributed by atoms with Gasteiger partial charge >= 0.3 is 6.18 Å². The highest BCUT2D eigenvalue weighted by Crippen LogP contribution is 2.34. The molecule has 0 aromatic heterocycles. The molecule has 0 spiro atoms. The first-order chi connectivity index (χ1) is 10.6. The predicted octanol–water partition coefficient (Wildman–Crippen LogP) is 2.71. The Labute approximate surface area is 130 Å². The fourth-order valence-corrected chi connectivity index (χ4v) is 3.76. The second-order valence-electron chi connectivity index (χ2n) is 4.76. The van der Waals surface area contributed by atoms with Crippen LogP contribution in [0.25, 0.3) is 0 Å². The zero-order chi connectivity index (χ0) is 17.3. The third kappa shape index (κ3) is 3.53. The van der Waals surface area contributed by atoms with Gasteiger partial charge in [0.05, 0.1) is 10.5 Å². The van der Waals surface area contributed by atoms with Crippen LogP contribution in [0.5, 0.6) is 0 Å². The highest BCUT2D eigenvalue weighted by molar-refractivity contribution is 7.92. The standard InChI is InChI=1S/C15H12F3NO3S/c16-15(17,18)11-7-4-8-12(9-11)23(21,22)13(14(19)20)10-5-2-1-3-6-10/h1-9,13H,(H2,19,20). The fraction of sp³-hybridized carbons (Fsp3) is 0.133. The Hall–Kier alpha value is -2.35. The van der Waals surface area contributed by atoms with Gasteiger partial charge < -0.3 is 5.73 Å². The minimum atomic E-state index is -4.69. The number of alkyl halides is 3. The Morgan fingerprint density at radius 3 is 2.13 bits per heavy atom. The van der Waals surface area contributed by atoms with Crippen LogP contribution in [0.15, 0.2) is 59.5 Å². The maximum absolute atomic E-state index is 12.8. The van der Waals surface area contributed by atoms with Gasteiger partial charge in [-0.25, -0.2) is 8.42 Å². The number of nitrogens with two attached hydrogens (primary N) is 1. The van der Waals surface area contributed by atoms with Crippen molar-refractivity contribution in [3.63, 3.8) is 0 Å². The van der Waals surface area contributed by atoms with E-state index in [-0.39, 0.29) is 5.56 Å². The first-order valence-corrected chi connectivity index (χ1v) is 7.94. The van der Waals surface area contributed by atoms with Crippen molar-refractivity contribution in [2.75, 3.05) is 0 Å². The van der Waals surface area contributed by atoms with Crippen molar-refractivity contribution in [1.29, 1.82) is 0 Å². The van der Waals surface area contributed by atoms with Crippen molar-refractivity contribution in [1.82, 2.24) is 0 Å². The summed E-state index contributed by atoms with van der Waals surface area (Å²) in [5.41, 5.74) is 4.15. The number of carbonyl (C=O) groups is 1. The molecule has 4 nitrogen and oxygen atoms in total. The van der Waals surface area contributed by atoms with E-state index in [1.54, 1.807) is 6.07 Å². The molecule has 1 atom stereocenters. The van der Waals surface area contributed by atoms with Gasteiger partial charge in [-0.05, 0) is 23.8 Å². The van der Waals surface area contributed by atoms with Gasteiger partial charge in [0.15, 0.2) is 15.1 Å². The Bertz CT molecular complexity index is 817. The van der Waals surface area contributed by atoms with Gasteiger partial charge in [-0.15, -0.1) is 0 Å². The molecule has 23 heavy (non-hydrogen) atoms. The number of hydrogen-bond acceptors (Lipinski definition) is 3. The average molecular weight is 343 g/mol. The smallest absolute Gasteiger partial charge is 0.368 e. The van der Waals surface area contributed by atoms with E-state index in [1.165, 1.54) is 24.3 Å². The van der Waals surface area contributed by atoms with Crippen molar-refractivity contribution in [2.45, 2.75) is 16.3 Å². The van der Waals surface area contributed by atoms with Crippen LogP contribution in [0.4, 0.5) is 13.2 Å². The monoisotopic (exact) mass is 343 g/mol. The average Bonchev–Trinajstić information content (AvgIpc) is 2.47.